The molecule has 0 radical (unpaired) electrons. The summed E-state index contributed by atoms with van der Waals surface area (Å²) < 4.78 is 0. The number of amides is 1. The quantitative estimate of drug-likeness (QED) is 0.732. The van der Waals surface area contributed by atoms with E-state index in [4.69, 9.17) is 0 Å². The van der Waals surface area contributed by atoms with E-state index in [9.17, 15) is 4.79 Å². The minimum absolute atomic E-state index is 0.0677. The number of hydrogen-bond donors (Lipinski definition) is 2. The molecule has 2 N–H and O–H groups in total. The summed E-state index contributed by atoms with van der Waals surface area (Å²) in [6, 6.07) is 3.98. The number of aromatic nitrogens is 1. The third kappa shape index (κ3) is 7.09. The smallest absolute Gasteiger partial charge is 0.234 e. The van der Waals surface area contributed by atoms with E-state index in [1.54, 1.807) is 6.20 Å². The van der Waals surface area contributed by atoms with Crippen molar-refractivity contribution in [2.75, 3.05) is 32.0 Å². The molecule has 5 heteroatoms. The van der Waals surface area contributed by atoms with Gasteiger partial charge in [0.05, 0.1) is 6.54 Å². The van der Waals surface area contributed by atoms with Crippen molar-refractivity contribution in [1.82, 2.24) is 15.2 Å². The van der Waals surface area contributed by atoms with Crippen LogP contribution in [0.5, 0.6) is 0 Å². The van der Waals surface area contributed by atoms with Gasteiger partial charge in [0.1, 0.15) is 5.82 Å². The second kappa shape index (κ2) is 9.34. The summed E-state index contributed by atoms with van der Waals surface area (Å²) >= 11 is 0. The first-order valence-corrected chi connectivity index (χ1v) is 7.66. The lowest BCUT2D eigenvalue weighted by Gasteiger charge is -2.18. The van der Waals surface area contributed by atoms with E-state index in [1.807, 2.05) is 24.1 Å². The summed E-state index contributed by atoms with van der Waals surface area (Å²) in [7, 11) is 1.95. The van der Waals surface area contributed by atoms with Gasteiger partial charge < -0.3 is 10.6 Å². The zero-order chi connectivity index (χ0) is 15.7. The largest absolute Gasteiger partial charge is 0.370 e. The zero-order valence-corrected chi connectivity index (χ0v) is 13.6. The molecule has 0 aliphatic rings. The molecule has 21 heavy (non-hydrogen) atoms. The molecule has 0 atom stereocenters. The van der Waals surface area contributed by atoms with Crippen LogP contribution in [0, 0.1) is 5.92 Å². The highest BCUT2D eigenvalue weighted by Crippen LogP contribution is 2.13. The fourth-order valence-corrected chi connectivity index (χ4v) is 1.93. The van der Waals surface area contributed by atoms with E-state index >= 15 is 0 Å². The third-order valence-electron chi connectivity index (χ3n) is 2.99. The van der Waals surface area contributed by atoms with Crippen LogP contribution >= 0.6 is 0 Å². The Morgan fingerprint density at radius 2 is 2.19 bits per heavy atom. The van der Waals surface area contributed by atoms with Gasteiger partial charge in [-0.1, -0.05) is 26.8 Å². The number of hydrogen-bond acceptors (Lipinski definition) is 4. The summed E-state index contributed by atoms with van der Waals surface area (Å²) in [4.78, 5) is 18.2. The highest BCUT2D eigenvalue weighted by atomic mass is 16.2. The van der Waals surface area contributed by atoms with Crippen molar-refractivity contribution in [3.05, 3.63) is 23.9 Å². The maximum absolute atomic E-state index is 11.8. The topological polar surface area (TPSA) is 57.3 Å². The highest BCUT2D eigenvalue weighted by molar-refractivity contribution is 5.77. The van der Waals surface area contributed by atoms with E-state index < -0.39 is 0 Å². The maximum Gasteiger partial charge on any atom is 0.234 e. The highest BCUT2D eigenvalue weighted by Gasteiger charge is 2.10. The first kappa shape index (κ1) is 17.4. The lowest BCUT2D eigenvalue weighted by Crippen LogP contribution is -2.36. The number of anilines is 1. The second-order valence-electron chi connectivity index (χ2n) is 5.81. The van der Waals surface area contributed by atoms with Crippen LogP contribution < -0.4 is 10.6 Å². The minimum Gasteiger partial charge on any atom is -0.370 e. The Morgan fingerprint density at radius 1 is 1.43 bits per heavy atom. The first-order chi connectivity index (χ1) is 10.0. The number of carbonyl (C=O) groups excluding carboxylic acids is 1. The third-order valence-corrected chi connectivity index (χ3v) is 2.99. The van der Waals surface area contributed by atoms with Gasteiger partial charge in [-0.15, -0.1) is 0 Å². The molecular formula is C16H28N4O. The molecule has 0 fully saturated rings. The molecule has 0 saturated heterocycles. The number of pyridine rings is 1. The van der Waals surface area contributed by atoms with Crippen molar-refractivity contribution in [1.29, 1.82) is 0 Å². The molecular weight excluding hydrogens is 264 g/mol. The molecule has 0 aromatic carbocycles. The van der Waals surface area contributed by atoms with E-state index in [2.05, 4.69) is 36.4 Å². The van der Waals surface area contributed by atoms with Gasteiger partial charge >= 0.3 is 0 Å². The molecule has 1 amide bonds. The van der Waals surface area contributed by atoms with Gasteiger partial charge in [0.15, 0.2) is 0 Å². The van der Waals surface area contributed by atoms with Crippen molar-refractivity contribution in [2.45, 2.75) is 33.7 Å². The SMILES string of the molecule is CCCNc1ncccc1CN(C)CC(=O)NCC(C)C. The molecule has 1 aromatic heterocycles. The molecule has 118 valence electrons. The van der Waals surface area contributed by atoms with Gasteiger partial charge in [-0.2, -0.15) is 0 Å². The minimum atomic E-state index is 0.0677. The number of rotatable bonds is 9. The molecule has 0 aliphatic heterocycles. The molecule has 0 bridgehead atoms. The van der Waals surface area contributed by atoms with E-state index in [-0.39, 0.29) is 5.91 Å². The fourth-order valence-electron chi connectivity index (χ4n) is 1.93. The summed E-state index contributed by atoms with van der Waals surface area (Å²) in [5.74, 6) is 1.45. The zero-order valence-electron chi connectivity index (χ0n) is 13.6. The molecule has 0 spiro atoms. The molecule has 0 aliphatic carbocycles. The first-order valence-electron chi connectivity index (χ1n) is 7.66. The number of carbonyl (C=O) groups is 1. The average molecular weight is 292 g/mol. The van der Waals surface area contributed by atoms with Crippen molar-refractivity contribution >= 4 is 11.7 Å². The van der Waals surface area contributed by atoms with Gasteiger partial charge in [-0.25, -0.2) is 4.98 Å². The lowest BCUT2D eigenvalue weighted by atomic mass is 10.2. The fraction of sp³-hybridized carbons (Fsp3) is 0.625. The molecule has 1 heterocycles. The summed E-state index contributed by atoms with van der Waals surface area (Å²) in [6.07, 6.45) is 2.85. The van der Waals surface area contributed by atoms with Gasteiger partial charge in [0.2, 0.25) is 5.91 Å². The Labute approximate surface area is 128 Å². The van der Waals surface area contributed by atoms with Gasteiger partial charge in [0.25, 0.3) is 0 Å². The van der Waals surface area contributed by atoms with Crippen LogP contribution in [0.2, 0.25) is 0 Å². The lowest BCUT2D eigenvalue weighted by molar-refractivity contribution is -0.122. The van der Waals surface area contributed by atoms with Crippen LogP contribution in [0.15, 0.2) is 18.3 Å². The van der Waals surface area contributed by atoms with Crippen molar-refractivity contribution < 1.29 is 4.79 Å². The number of likely N-dealkylation sites (N-methyl/N-ethyl adjacent to an activating group) is 1. The van der Waals surface area contributed by atoms with Crippen LogP contribution in [0.1, 0.15) is 32.8 Å². The normalized spacial score (nSPS) is 11.0. The molecule has 0 saturated carbocycles. The summed E-state index contributed by atoms with van der Waals surface area (Å²) in [5, 5.41) is 6.26. The van der Waals surface area contributed by atoms with Gasteiger partial charge in [-0.3, -0.25) is 9.69 Å². The van der Waals surface area contributed by atoms with Gasteiger partial charge in [0, 0.05) is 31.4 Å². The summed E-state index contributed by atoms with van der Waals surface area (Å²) in [6.45, 7) is 9.03. The standard InChI is InChI=1S/C16H28N4O/c1-5-8-17-16-14(7-6-9-18-16)11-20(4)12-15(21)19-10-13(2)3/h6-7,9,13H,5,8,10-12H2,1-4H3,(H,17,18)(H,19,21). The van der Waals surface area contributed by atoms with E-state index in [1.165, 1.54) is 0 Å². The van der Waals surface area contributed by atoms with Crippen LogP contribution in [-0.2, 0) is 11.3 Å². The molecule has 5 nitrogen and oxygen atoms in total. The number of nitrogens with zero attached hydrogens (tertiary/aromatic N) is 2. The van der Waals surface area contributed by atoms with Crippen molar-refractivity contribution in [2.24, 2.45) is 5.92 Å². The Kier molecular flexibility index (Phi) is 7.75. The summed E-state index contributed by atoms with van der Waals surface area (Å²) in [5.41, 5.74) is 1.12. The molecule has 0 unspecified atom stereocenters. The van der Waals surface area contributed by atoms with Crippen LogP contribution in [0.3, 0.4) is 0 Å². The Morgan fingerprint density at radius 3 is 2.86 bits per heavy atom. The predicted octanol–water partition coefficient (Wildman–Crippen LogP) is 2.11. The second-order valence-corrected chi connectivity index (χ2v) is 5.81. The van der Waals surface area contributed by atoms with Crippen LogP contribution in [-0.4, -0.2) is 42.5 Å². The van der Waals surface area contributed by atoms with Crippen LogP contribution in [0.25, 0.3) is 0 Å². The Hall–Kier alpha value is -1.62. The van der Waals surface area contributed by atoms with Crippen molar-refractivity contribution in [3.8, 4) is 0 Å². The average Bonchev–Trinajstić information content (AvgIpc) is 2.44. The van der Waals surface area contributed by atoms with Crippen molar-refractivity contribution in [3.63, 3.8) is 0 Å². The predicted molar refractivity (Wildman–Crippen MR) is 87.2 cm³/mol. The van der Waals surface area contributed by atoms with E-state index in [0.29, 0.717) is 19.0 Å². The maximum atomic E-state index is 11.8. The number of nitrogens with one attached hydrogen (secondary N) is 2. The Bertz CT molecular complexity index is 434. The van der Waals surface area contributed by atoms with E-state index in [0.717, 1.165) is 30.9 Å². The van der Waals surface area contributed by atoms with Crippen LogP contribution in [0.4, 0.5) is 5.82 Å². The molecule has 1 aromatic rings. The Balaban J connectivity index is 2.50. The monoisotopic (exact) mass is 292 g/mol. The van der Waals surface area contributed by atoms with Gasteiger partial charge in [-0.05, 0) is 25.5 Å². The molecule has 1 rings (SSSR count).